The average molecular weight is 208 g/mol. The van der Waals surface area contributed by atoms with Crippen molar-refractivity contribution >= 4 is 0 Å². The summed E-state index contributed by atoms with van der Waals surface area (Å²) < 4.78 is 12.7. The molecule has 1 atom stereocenters. The molecule has 0 bridgehead atoms. The summed E-state index contributed by atoms with van der Waals surface area (Å²) in [6.45, 7) is 0. The highest BCUT2D eigenvalue weighted by atomic mass is 19.1. The highest BCUT2D eigenvalue weighted by Crippen LogP contribution is 2.35. The van der Waals surface area contributed by atoms with Crippen LogP contribution in [0.4, 0.5) is 4.39 Å². The lowest BCUT2D eigenvalue weighted by Crippen LogP contribution is -2.17. The molecule has 82 valence electrons. The van der Waals surface area contributed by atoms with Crippen LogP contribution in [0.25, 0.3) is 0 Å². The minimum atomic E-state index is -0.268. The summed E-state index contributed by atoms with van der Waals surface area (Å²) in [6.07, 6.45) is 6.40. The van der Waals surface area contributed by atoms with Crippen molar-refractivity contribution in [2.75, 3.05) is 7.05 Å². The van der Waals surface area contributed by atoms with Gasteiger partial charge >= 0.3 is 0 Å². The van der Waals surface area contributed by atoms with Crippen LogP contribution < -0.4 is 5.32 Å². The molecule has 1 aliphatic rings. The Balaban J connectivity index is 1.94. The molecule has 1 aliphatic carbocycles. The summed E-state index contributed by atoms with van der Waals surface area (Å²) >= 11 is 0. The minimum absolute atomic E-state index is 0.268. The van der Waals surface area contributed by atoms with Crippen LogP contribution in [0.1, 0.15) is 37.4 Å². The summed E-state index contributed by atoms with van der Waals surface area (Å²) in [5, 5.41) is 3.24. The molecular weight excluding hydrogens is 191 g/mol. The maximum atomic E-state index is 12.7. The summed E-state index contributed by atoms with van der Waals surface area (Å²) in [5.41, 5.74) is 0.944. The van der Waals surface area contributed by atoms with Crippen molar-refractivity contribution in [3.05, 3.63) is 29.8 Å². The van der Waals surface area contributed by atoms with E-state index < -0.39 is 0 Å². The third kappa shape index (κ3) is 2.99. The first kappa shape index (κ1) is 10.6. The van der Waals surface area contributed by atoms with E-state index in [0.717, 1.165) is 18.0 Å². The lowest BCUT2D eigenvalue weighted by molar-refractivity contribution is 0.494. The van der Waals surface area contributed by atoms with E-state index in [1.54, 1.807) is 6.07 Å². The Morgan fingerprint density at radius 2 is 2.33 bits per heavy atom. The molecular formula is C12H17FN2. The van der Waals surface area contributed by atoms with E-state index in [1.807, 2.05) is 7.05 Å². The molecule has 0 amide bonds. The second-order valence-corrected chi connectivity index (χ2v) is 4.26. The Labute approximate surface area is 89.9 Å². The van der Waals surface area contributed by atoms with Crippen LogP contribution in [0.3, 0.4) is 0 Å². The molecule has 0 aliphatic heterocycles. The molecule has 2 nitrogen and oxygen atoms in total. The van der Waals surface area contributed by atoms with E-state index in [2.05, 4.69) is 10.3 Å². The van der Waals surface area contributed by atoms with E-state index in [4.69, 9.17) is 0 Å². The number of rotatable bonds is 5. The molecule has 1 unspecified atom stereocenters. The van der Waals surface area contributed by atoms with E-state index in [9.17, 15) is 4.39 Å². The van der Waals surface area contributed by atoms with Crippen molar-refractivity contribution in [1.82, 2.24) is 10.3 Å². The Morgan fingerprint density at radius 3 is 2.87 bits per heavy atom. The lowest BCUT2D eigenvalue weighted by atomic mass is 10.1. The second-order valence-electron chi connectivity index (χ2n) is 4.26. The predicted molar refractivity (Wildman–Crippen MR) is 58.0 cm³/mol. The molecule has 0 radical (unpaired) electrons. The van der Waals surface area contributed by atoms with E-state index >= 15 is 0 Å². The van der Waals surface area contributed by atoms with Gasteiger partial charge < -0.3 is 5.32 Å². The van der Waals surface area contributed by atoms with Crippen LogP contribution >= 0.6 is 0 Å². The fourth-order valence-corrected chi connectivity index (χ4v) is 1.84. The smallest absolute Gasteiger partial charge is 0.141 e. The van der Waals surface area contributed by atoms with Gasteiger partial charge in [-0.2, -0.15) is 0 Å². The number of hydrogen-bond acceptors (Lipinski definition) is 2. The van der Waals surface area contributed by atoms with Crippen LogP contribution in [0.5, 0.6) is 0 Å². The third-order valence-corrected chi connectivity index (χ3v) is 3.02. The van der Waals surface area contributed by atoms with Crippen LogP contribution in [0.15, 0.2) is 18.3 Å². The first-order chi connectivity index (χ1) is 7.29. The van der Waals surface area contributed by atoms with Gasteiger partial charge in [-0.3, -0.25) is 4.98 Å². The molecule has 1 N–H and O–H groups in total. The van der Waals surface area contributed by atoms with Crippen molar-refractivity contribution < 1.29 is 4.39 Å². The van der Waals surface area contributed by atoms with Gasteiger partial charge in [-0.15, -0.1) is 0 Å². The SMILES string of the molecule is CNC(CCC1CC1)c1ccc(F)cn1. The van der Waals surface area contributed by atoms with Crippen LogP contribution in [0.2, 0.25) is 0 Å². The number of aromatic nitrogens is 1. The van der Waals surface area contributed by atoms with Gasteiger partial charge in [-0.05, 0) is 37.9 Å². The Bertz CT molecular complexity index is 306. The van der Waals surface area contributed by atoms with Crippen molar-refractivity contribution in [2.45, 2.75) is 31.7 Å². The van der Waals surface area contributed by atoms with Gasteiger partial charge in [0, 0.05) is 6.04 Å². The number of halogens is 1. The quantitative estimate of drug-likeness (QED) is 0.804. The van der Waals surface area contributed by atoms with Gasteiger partial charge in [-0.25, -0.2) is 4.39 Å². The van der Waals surface area contributed by atoms with Gasteiger partial charge in [0.25, 0.3) is 0 Å². The highest BCUT2D eigenvalue weighted by molar-refractivity contribution is 5.09. The maximum absolute atomic E-state index is 12.7. The van der Waals surface area contributed by atoms with Crippen molar-refractivity contribution in [2.24, 2.45) is 5.92 Å². The molecule has 1 aromatic heterocycles. The van der Waals surface area contributed by atoms with Crippen LogP contribution in [-0.2, 0) is 0 Å². The van der Waals surface area contributed by atoms with Crippen molar-refractivity contribution in [1.29, 1.82) is 0 Å². The highest BCUT2D eigenvalue weighted by Gasteiger charge is 2.22. The fraction of sp³-hybridized carbons (Fsp3) is 0.583. The van der Waals surface area contributed by atoms with E-state index in [0.29, 0.717) is 0 Å². The standard InChI is InChI=1S/C12H17FN2/c1-14-11(6-4-9-2-3-9)12-7-5-10(13)8-15-12/h5,7-9,11,14H,2-4,6H2,1H3. The Morgan fingerprint density at radius 1 is 1.53 bits per heavy atom. The molecule has 1 fully saturated rings. The largest absolute Gasteiger partial charge is 0.312 e. The van der Waals surface area contributed by atoms with Crippen molar-refractivity contribution in [3.63, 3.8) is 0 Å². The van der Waals surface area contributed by atoms with Gasteiger partial charge in [0.15, 0.2) is 0 Å². The molecule has 3 heteroatoms. The molecule has 0 spiro atoms. The maximum Gasteiger partial charge on any atom is 0.141 e. The monoisotopic (exact) mass is 208 g/mol. The van der Waals surface area contributed by atoms with Gasteiger partial charge in [0.1, 0.15) is 5.82 Å². The molecule has 2 rings (SSSR count). The third-order valence-electron chi connectivity index (χ3n) is 3.02. The normalized spacial score (nSPS) is 17.7. The van der Waals surface area contributed by atoms with Gasteiger partial charge in [0.2, 0.25) is 0 Å². The number of pyridine rings is 1. The zero-order valence-electron chi connectivity index (χ0n) is 9.04. The zero-order valence-corrected chi connectivity index (χ0v) is 9.04. The second kappa shape index (κ2) is 4.71. The lowest BCUT2D eigenvalue weighted by Gasteiger charge is -2.15. The summed E-state index contributed by atoms with van der Waals surface area (Å²) in [4.78, 5) is 4.11. The first-order valence-electron chi connectivity index (χ1n) is 5.58. The topological polar surface area (TPSA) is 24.9 Å². The fourth-order valence-electron chi connectivity index (χ4n) is 1.84. The summed E-state index contributed by atoms with van der Waals surface area (Å²) in [5.74, 6) is 0.664. The Kier molecular flexibility index (Phi) is 3.31. The predicted octanol–water partition coefficient (Wildman–Crippen LogP) is 2.67. The van der Waals surface area contributed by atoms with Gasteiger partial charge in [-0.1, -0.05) is 12.8 Å². The zero-order chi connectivity index (χ0) is 10.7. The molecule has 1 aromatic rings. The molecule has 0 aromatic carbocycles. The van der Waals surface area contributed by atoms with Crippen LogP contribution in [0, 0.1) is 11.7 Å². The minimum Gasteiger partial charge on any atom is -0.312 e. The van der Waals surface area contributed by atoms with Gasteiger partial charge in [0.05, 0.1) is 11.9 Å². The molecule has 0 saturated heterocycles. The molecule has 1 saturated carbocycles. The van der Waals surface area contributed by atoms with Crippen LogP contribution in [-0.4, -0.2) is 12.0 Å². The Hall–Kier alpha value is -0.960. The van der Waals surface area contributed by atoms with E-state index in [-0.39, 0.29) is 11.9 Å². The van der Waals surface area contributed by atoms with E-state index in [1.165, 1.54) is 31.5 Å². The van der Waals surface area contributed by atoms with Crippen molar-refractivity contribution in [3.8, 4) is 0 Å². The number of nitrogens with zero attached hydrogens (tertiary/aromatic N) is 1. The average Bonchev–Trinajstić information content (AvgIpc) is 3.05. The first-order valence-corrected chi connectivity index (χ1v) is 5.58. The number of nitrogens with one attached hydrogen (secondary N) is 1. The molecule has 15 heavy (non-hydrogen) atoms. The summed E-state index contributed by atoms with van der Waals surface area (Å²) in [7, 11) is 1.93. The number of hydrogen-bond donors (Lipinski definition) is 1. The molecule has 1 heterocycles. The summed E-state index contributed by atoms with van der Waals surface area (Å²) in [6, 6.07) is 3.51.